The van der Waals surface area contributed by atoms with E-state index in [0.717, 1.165) is 27.7 Å². The van der Waals surface area contributed by atoms with E-state index in [2.05, 4.69) is 22.1 Å². The fourth-order valence-electron chi connectivity index (χ4n) is 2.24. The molecule has 2 heterocycles. The number of aryl methyl sites for hydroxylation is 1. The summed E-state index contributed by atoms with van der Waals surface area (Å²) in [5.74, 6) is 0. The topological polar surface area (TPSA) is 28.7 Å². The molecule has 0 amide bonds. The van der Waals surface area contributed by atoms with Gasteiger partial charge < -0.3 is 4.57 Å². The molecular weight excluding hydrogens is 228 g/mol. The molecule has 3 aromatic rings. The van der Waals surface area contributed by atoms with Gasteiger partial charge in [-0.25, -0.2) is 0 Å². The molecule has 0 aliphatic rings. The Morgan fingerprint density at radius 2 is 2.06 bits per heavy atom. The van der Waals surface area contributed by atoms with Gasteiger partial charge in [0.2, 0.25) is 0 Å². The summed E-state index contributed by atoms with van der Waals surface area (Å²) in [6.45, 7) is 0. The van der Waals surface area contributed by atoms with Gasteiger partial charge in [0, 0.05) is 28.9 Å². The average molecular weight is 238 g/mol. The zero-order chi connectivity index (χ0) is 11.8. The van der Waals surface area contributed by atoms with Crippen LogP contribution in [0.3, 0.4) is 0 Å². The van der Waals surface area contributed by atoms with Crippen molar-refractivity contribution in [2.24, 2.45) is 7.05 Å². The van der Waals surface area contributed by atoms with E-state index in [1.165, 1.54) is 0 Å². The van der Waals surface area contributed by atoms with Crippen molar-refractivity contribution in [2.75, 3.05) is 0 Å². The second-order valence-corrected chi connectivity index (χ2v) is 4.70. The molecule has 0 saturated carbocycles. The Morgan fingerprint density at radius 3 is 2.76 bits per heavy atom. The summed E-state index contributed by atoms with van der Waals surface area (Å²) in [5.41, 5.74) is 3.99. The van der Waals surface area contributed by atoms with Crippen LogP contribution in [0.1, 0.15) is 5.56 Å². The molecule has 3 rings (SSSR count). The molecule has 17 heavy (non-hydrogen) atoms. The van der Waals surface area contributed by atoms with Crippen LogP contribution in [-0.2, 0) is 7.05 Å². The van der Waals surface area contributed by atoms with Crippen molar-refractivity contribution in [3.8, 4) is 17.3 Å². The molecular formula is C14H10N2S. The summed E-state index contributed by atoms with van der Waals surface area (Å²) in [7, 11) is 2.01. The molecule has 3 heteroatoms. The fourth-order valence-corrected chi connectivity index (χ4v) is 2.88. The molecule has 0 radical (unpaired) electrons. The predicted octanol–water partition coefficient (Wildman–Crippen LogP) is 3.78. The van der Waals surface area contributed by atoms with Gasteiger partial charge in [-0.2, -0.15) is 16.6 Å². The van der Waals surface area contributed by atoms with Crippen molar-refractivity contribution in [2.45, 2.75) is 0 Å². The van der Waals surface area contributed by atoms with E-state index in [0.29, 0.717) is 0 Å². The van der Waals surface area contributed by atoms with Gasteiger partial charge in [-0.05, 0) is 17.5 Å². The SMILES string of the molecule is Cn1c(-c2ccsc2)c(C#N)c2ccccc21. The normalized spacial score (nSPS) is 10.6. The molecule has 0 bridgehead atoms. The van der Waals surface area contributed by atoms with E-state index in [9.17, 15) is 5.26 Å². The molecule has 0 aliphatic carbocycles. The number of nitriles is 1. The van der Waals surface area contributed by atoms with Gasteiger partial charge in [0.25, 0.3) is 0 Å². The van der Waals surface area contributed by atoms with Crippen molar-refractivity contribution in [3.05, 3.63) is 46.7 Å². The lowest BCUT2D eigenvalue weighted by atomic mass is 10.1. The van der Waals surface area contributed by atoms with Crippen LogP contribution in [0.5, 0.6) is 0 Å². The Bertz CT molecular complexity index is 715. The molecule has 2 aromatic heterocycles. The van der Waals surface area contributed by atoms with Crippen molar-refractivity contribution in [1.29, 1.82) is 5.26 Å². The maximum Gasteiger partial charge on any atom is 0.102 e. The van der Waals surface area contributed by atoms with Crippen LogP contribution >= 0.6 is 11.3 Å². The van der Waals surface area contributed by atoms with Crippen molar-refractivity contribution >= 4 is 22.2 Å². The first-order valence-electron chi connectivity index (χ1n) is 5.33. The summed E-state index contributed by atoms with van der Waals surface area (Å²) >= 11 is 1.65. The summed E-state index contributed by atoms with van der Waals surface area (Å²) in [6, 6.07) is 12.4. The Kier molecular flexibility index (Phi) is 2.24. The second kappa shape index (κ2) is 3.76. The number of fused-ring (bicyclic) bond motifs is 1. The maximum absolute atomic E-state index is 9.37. The van der Waals surface area contributed by atoms with Crippen LogP contribution in [0.2, 0.25) is 0 Å². The van der Waals surface area contributed by atoms with Crippen molar-refractivity contribution in [3.63, 3.8) is 0 Å². The van der Waals surface area contributed by atoms with E-state index < -0.39 is 0 Å². The lowest BCUT2D eigenvalue weighted by molar-refractivity contribution is 0.977. The van der Waals surface area contributed by atoms with E-state index in [-0.39, 0.29) is 0 Å². The van der Waals surface area contributed by atoms with Crippen LogP contribution < -0.4 is 0 Å². The van der Waals surface area contributed by atoms with Gasteiger partial charge in [0.15, 0.2) is 0 Å². The molecule has 0 spiro atoms. The third-order valence-electron chi connectivity index (χ3n) is 3.01. The minimum Gasteiger partial charge on any atom is -0.342 e. The first-order chi connectivity index (χ1) is 8.33. The lowest BCUT2D eigenvalue weighted by Gasteiger charge is -2.01. The van der Waals surface area contributed by atoms with Crippen LogP contribution in [0, 0.1) is 11.3 Å². The molecule has 0 saturated heterocycles. The zero-order valence-electron chi connectivity index (χ0n) is 9.34. The highest BCUT2D eigenvalue weighted by Crippen LogP contribution is 2.33. The third kappa shape index (κ3) is 1.38. The Hall–Kier alpha value is -2.05. The minimum atomic E-state index is 0.765. The Morgan fingerprint density at radius 1 is 1.24 bits per heavy atom. The van der Waals surface area contributed by atoms with Gasteiger partial charge >= 0.3 is 0 Å². The standard InChI is InChI=1S/C14H10N2S/c1-16-13-5-3-2-4-11(13)12(8-15)14(16)10-6-7-17-9-10/h2-7,9H,1H3. The number of nitrogens with zero attached hydrogens (tertiary/aromatic N) is 2. The Balaban J connectivity index is 2.47. The highest BCUT2D eigenvalue weighted by atomic mass is 32.1. The number of aromatic nitrogens is 1. The van der Waals surface area contributed by atoms with E-state index in [1.807, 2.05) is 36.7 Å². The van der Waals surface area contributed by atoms with Gasteiger partial charge in [-0.3, -0.25) is 0 Å². The van der Waals surface area contributed by atoms with Crippen LogP contribution in [-0.4, -0.2) is 4.57 Å². The molecule has 1 aromatic carbocycles. The quantitative estimate of drug-likeness (QED) is 0.634. The zero-order valence-corrected chi connectivity index (χ0v) is 10.2. The molecule has 2 nitrogen and oxygen atoms in total. The molecule has 0 aliphatic heterocycles. The Labute approximate surface area is 103 Å². The van der Waals surface area contributed by atoms with Gasteiger partial charge in [0.1, 0.15) is 6.07 Å². The van der Waals surface area contributed by atoms with Crippen LogP contribution in [0.4, 0.5) is 0 Å². The predicted molar refractivity (Wildman–Crippen MR) is 70.9 cm³/mol. The highest BCUT2D eigenvalue weighted by molar-refractivity contribution is 7.08. The third-order valence-corrected chi connectivity index (χ3v) is 3.70. The summed E-state index contributed by atoms with van der Waals surface area (Å²) in [6.07, 6.45) is 0. The average Bonchev–Trinajstić information content (AvgIpc) is 2.96. The number of para-hydroxylation sites is 1. The number of hydrogen-bond donors (Lipinski definition) is 0. The summed E-state index contributed by atoms with van der Waals surface area (Å²) in [5, 5.41) is 14.5. The lowest BCUT2D eigenvalue weighted by Crippen LogP contribution is -1.91. The van der Waals surface area contributed by atoms with Crippen LogP contribution in [0.15, 0.2) is 41.1 Å². The number of thiophene rings is 1. The summed E-state index contributed by atoms with van der Waals surface area (Å²) in [4.78, 5) is 0. The van der Waals surface area contributed by atoms with Crippen molar-refractivity contribution < 1.29 is 0 Å². The largest absolute Gasteiger partial charge is 0.342 e. The monoisotopic (exact) mass is 238 g/mol. The summed E-state index contributed by atoms with van der Waals surface area (Å²) < 4.78 is 2.09. The smallest absolute Gasteiger partial charge is 0.102 e. The molecule has 82 valence electrons. The van der Waals surface area contributed by atoms with E-state index in [1.54, 1.807) is 11.3 Å². The van der Waals surface area contributed by atoms with Crippen LogP contribution in [0.25, 0.3) is 22.2 Å². The first kappa shape index (κ1) is 10.1. The minimum absolute atomic E-state index is 0.765. The molecule has 0 atom stereocenters. The highest BCUT2D eigenvalue weighted by Gasteiger charge is 2.15. The molecule has 0 unspecified atom stereocenters. The second-order valence-electron chi connectivity index (χ2n) is 3.92. The van der Waals surface area contributed by atoms with E-state index in [4.69, 9.17) is 0 Å². The maximum atomic E-state index is 9.37. The van der Waals surface area contributed by atoms with Gasteiger partial charge in [-0.15, -0.1) is 0 Å². The van der Waals surface area contributed by atoms with Gasteiger partial charge in [-0.1, -0.05) is 18.2 Å². The molecule has 0 N–H and O–H groups in total. The van der Waals surface area contributed by atoms with E-state index >= 15 is 0 Å². The molecule has 0 fully saturated rings. The van der Waals surface area contributed by atoms with Crippen molar-refractivity contribution in [1.82, 2.24) is 4.57 Å². The number of hydrogen-bond acceptors (Lipinski definition) is 2. The van der Waals surface area contributed by atoms with Gasteiger partial charge in [0.05, 0.1) is 11.3 Å². The fraction of sp³-hybridized carbons (Fsp3) is 0.0714. The number of rotatable bonds is 1. The first-order valence-corrected chi connectivity index (χ1v) is 6.27. The number of benzene rings is 1.